The molecule has 1 amide bonds. The number of carbonyl (C=O) groups is 1. The van der Waals surface area contributed by atoms with Crippen LogP contribution >= 0.6 is 24.0 Å². The molecule has 0 aliphatic carbocycles. The van der Waals surface area contributed by atoms with Crippen LogP contribution in [0.2, 0.25) is 0 Å². The molecule has 0 radical (unpaired) electrons. The predicted molar refractivity (Wildman–Crippen MR) is 95.5 cm³/mol. The molecule has 1 saturated heterocycles. The number of nitrogens with one attached hydrogen (secondary N) is 1. The fraction of sp³-hybridized carbons (Fsp3) is 0.375. The van der Waals surface area contributed by atoms with Gasteiger partial charge in [-0.1, -0.05) is 50.0 Å². The van der Waals surface area contributed by atoms with Gasteiger partial charge in [0.2, 0.25) is 0 Å². The highest BCUT2D eigenvalue weighted by molar-refractivity contribution is 8.26. The first-order chi connectivity index (χ1) is 10.1. The van der Waals surface area contributed by atoms with Gasteiger partial charge in [-0.25, -0.2) is 0 Å². The summed E-state index contributed by atoms with van der Waals surface area (Å²) in [5.41, 5.74) is 2.26. The van der Waals surface area contributed by atoms with E-state index in [9.17, 15) is 4.79 Å². The molecule has 1 aromatic carbocycles. The first-order valence-corrected chi connectivity index (χ1v) is 8.46. The van der Waals surface area contributed by atoms with Crippen LogP contribution in [0.4, 0.5) is 5.69 Å². The van der Waals surface area contributed by atoms with Gasteiger partial charge in [-0.3, -0.25) is 4.79 Å². The molecule has 0 saturated carbocycles. The van der Waals surface area contributed by atoms with Crippen molar-refractivity contribution in [3.63, 3.8) is 0 Å². The van der Waals surface area contributed by atoms with E-state index in [-0.39, 0.29) is 5.91 Å². The van der Waals surface area contributed by atoms with Gasteiger partial charge in [0.05, 0.1) is 4.91 Å². The Morgan fingerprint density at radius 1 is 1.19 bits per heavy atom. The number of carbonyl (C=O) groups excluding carboxylic acids is 1. The van der Waals surface area contributed by atoms with Crippen molar-refractivity contribution in [2.75, 3.05) is 18.0 Å². The topological polar surface area (TPSA) is 32.3 Å². The third-order valence-corrected chi connectivity index (χ3v) is 4.35. The molecule has 1 heterocycles. The summed E-state index contributed by atoms with van der Waals surface area (Å²) in [5, 5.41) is 2.63. The molecule has 0 atom stereocenters. The molecule has 0 bridgehead atoms. The van der Waals surface area contributed by atoms with Crippen molar-refractivity contribution < 1.29 is 4.79 Å². The van der Waals surface area contributed by atoms with E-state index in [0.29, 0.717) is 9.23 Å². The summed E-state index contributed by atoms with van der Waals surface area (Å²) in [7, 11) is 0. The first kappa shape index (κ1) is 16.0. The Kier molecular flexibility index (Phi) is 5.82. The number of benzene rings is 1. The fourth-order valence-electron chi connectivity index (χ4n) is 2.26. The molecule has 1 N–H and O–H groups in total. The standard InChI is InChI=1S/C16H20N2OS2/c1-3-9-18(10-4-2)13-7-5-12(6-8-13)11-14-15(19)17-16(20)21-14/h5-8,11H,3-4,9-10H2,1-2H3,(H,17,19,20)/b14-11-. The van der Waals surface area contributed by atoms with Crippen molar-refractivity contribution in [3.05, 3.63) is 34.7 Å². The Morgan fingerprint density at radius 2 is 1.81 bits per heavy atom. The Labute approximate surface area is 135 Å². The van der Waals surface area contributed by atoms with E-state index in [4.69, 9.17) is 12.2 Å². The summed E-state index contributed by atoms with van der Waals surface area (Å²) in [6.45, 7) is 6.53. The number of hydrogen-bond donors (Lipinski definition) is 1. The van der Waals surface area contributed by atoms with Gasteiger partial charge in [-0.05, 0) is 36.6 Å². The Bertz CT molecular complexity index is 546. The van der Waals surface area contributed by atoms with Gasteiger partial charge in [0.25, 0.3) is 5.91 Å². The highest BCUT2D eigenvalue weighted by Crippen LogP contribution is 2.26. The summed E-state index contributed by atoms with van der Waals surface area (Å²) in [6, 6.07) is 8.34. The van der Waals surface area contributed by atoms with Crippen molar-refractivity contribution in [1.29, 1.82) is 0 Å². The van der Waals surface area contributed by atoms with Crippen molar-refractivity contribution in [1.82, 2.24) is 5.32 Å². The lowest BCUT2D eigenvalue weighted by Gasteiger charge is -2.23. The molecule has 0 spiro atoms. The van der Waals surface area contributed by atoms with Crippen LogP contribution in [0, 0.1) is 0 Å². The molecule has 1 aliphatic heterocycles. The van der Waals surface area contributed by atoms with Gasteiger partial charge in [-0.2, -0.15) is 0 Å². The van der Waals surface area contributed by atoms with E-state index in [0.717, 1.165) is 31.5 Å². The molecule has 0 unspecified atom stereocenters. The number of amides is 1. The monoisotopic (exact) mass is 320 g/mol. The van der Waals surface area contributed by atoms with Gasteiger partial charge in [0, 0.05) is 18.8 Å². The fourth-order valence-corrected chi connectivity index (χ4v) is 3.31. The predicted octanol–water partition coefficient (Wildman–Crippen LogP) is 3.80. The quantitative estimate of drug-likeness (QED) is 0.638. The maximum Gasteiger partial charge on any atom is 0.263 e. The maximum absolute atomic E-state index is 11.6. The molecule has 1 aliphatic rings. The molecule has 21 heavy (non-hydrogen) atoms. The van der Waals surface area contributed by atoms with Crippen LogP contribution in [0.5, 0.6) is 0 Å². The second-order valence-electron chi connectivity index (χ2n) is 4.93. The highest BCUT2D eigenvalue weighted by Gasteiger charge is 2.21. The van der Waals surface area contributed by atoms with E-state index in [1.54, 1.807) is 0 Å². The van der Waals surface area contributed by atoms with Gasteiger partial charge in [0.1, 0.15) is 4.32 Å². The molecule has 5 heteroatoms. The normalized spacial score (nSPS) is 16.4. The molecule has 1 fully saturated rings. The Hall–Kier alpha value is -1.33. The van der Waals surface area contributed by atoms with Crippen LogP contribution in [0.15, 0.2) is 29.2 Å². The summed E-state index contributed by atoms with van der Waals surface area (Å²) in [5.74, 6) is -0.104. The summed E-state index contributed by atoms with van der Waals surface area (Å²) in [6.07, 6.45) is 4.16. The van der Waals surface area contributed by atoms with Crippen LogP contribution in [0.25, 0.3) is 6.08 Å². The molecule has 1 aromatic rings. The third-order valence-electron chi connectivity index (χ3n) is 3.19. The van der Waals surface area contributed by atoms with Crippen molar-refractivity contribution in [2.24, 2.45) is 0 Å². The summed E-state index contributed by atoms with van der Waals surface area (Å²) < 4.78 is 0.528. The zero-order chi connectivity index (χ0) is 15.2. The zero-order valence-electron chi connectivity index (χ0n) is 12.4. The summed E-state index contributed by atoms with van der Waals surface area (Å²) in [4.78, 5) is 14.7. The minimum atomic E-state index is -0.104. The van der Waals surface area contributed by atoms with Gasteiger partial charge < -0.3 is 10.2 Å². The van der Waals surface area contributed by atoms with Crippen LogP contribution in [0.1, 0.15) is 32.3 Å². The largest absolute Gasteiger partial charge is 0.372 e. The van der Waals surface area contributed by atoms with E-state index >= 15 is 0 Å². The second-order valence-corrected chi connectivity index (χ2v) is 6.65. The number of rotatable bonds is 6. The lowest BCUT2D eigenvalue weighted by molar-refractivity contribution is -0.115. The minimum absolute atomic E-state index is 0.104. The van der Waals surface area contributed by atoms with E-state index < -0.39 is 0 Å². The van der Waals surface area contributed by atoms with Crippen molar-refractivity contribution in [2.45, 2.75) is 26.7 Å². The van der Waals surface area contributed by atoms with Crippen LogP contribution in [0.3, 0.4) is 0 Å². The maximum atomic E-state index is 11.6. The number of thioether (sulfide) groups is 1. The molecular formula is C16H20N2OS2. The van der Waals surface area contributed by atoms with Crippen molar-refractivity contribution in [3.8, 4) is 0 Å². The van der Waals surface area contributed by atoms with E-state index in [1.165, 1.54) is 17.4 Å². The van der Waals surface area contributed by atoms with Crippen LogP contribution in [-0.2, 0) is 4.79 Å². The van der Waals surface area contributed by atoms with Gasteiger partial charge in [-0.15, -0.1) is 0 Å². The average Bonchev–Trinajstić information content (AvgIpc) is 2.77. The molecule has 0 aromatic heterocycles. The number of thiocarbonyl (C=S) groups is 1. The molecule has 3 nitrogen and oxygen atoms in total. The number of hydrogen-bond acceptors (Lipinski definition) is 4. The average molecular weight is 320 g/mol. The van der Waals surface area contributed by atoms with Gasteiger partial charge in [0.15, 0.2) is 0 Å². The van der Waals surface area contributed by atoms with Crippen molar-refractivity contribution >= 4 is 46.0 Å². The second kappa shape index (κ2) is 7.61. The summed E-state index contributed by atoms with van der Waals surface area (Å²) >= 11 is 6.30. The van der Waals surface area contributed by atoms with Crippen LogP contribution in [-0.4, -0.2) is 23.3 Å². The lowest BCUT2D eigenvalue weighted by atomic mass is 10.1. The number of nitrogens with zero attached hydrogens (tertiary/aromatic N) is 1. The zero-order valence-corrected chi connectivity index (χ0v) is 14.0. The molecular weight excluding hydrogens is 300 g/mol. The van der Waals surface area contributed by atoms with Gasteiger partial charge >= 0.3 is 0 Å². The molecule has 2 rings (SSSR count). The minimum Gasteiger partial charge on any atom is -0.372 e. The highest BCUT2D eigenvalue weighted by atomic mass is 32.2. The lowest BCUT2D eigenvalue weighted by Crippen LogP contribution is -2.24. The van der Waals surface area contributed by atoms with E-state index in [1.807, 2.05) is 6.08 Å². The smallest absolute Gasteiger partial charge is 0.263 e. The third kappa shape index (κ3) is 4.32. The Balaban J connectivity index is 2.13. The Morgan fingerprint density at radius 3 is 2.29 bits per heavy atom. The van der Waals surface area contributed by atoms with E-state index in [2.05, 4.69) is 48.3 Å². The molecule has 112 valence electrons. The SMILES string of the molecule is CCCN(CCC)c1ccc(/C=C2\SC(=S)NC2=O)cc1. The number of anilines is 1. The van der Waals surface area contributed by atoms with Crippen LogP contribution < -0.4 is 10.2 Å². The first-order valence-electron chi connectivity index (χ1n) is 7.24.